The van der Waals surface area contributed by atoms with Gasteiger partial charge in [-0.25, -0.2) is 4.98 Å². The molecule has 3 heterocycles. The molecule has 0 radical (unpaired) electrons. The molecule has 1 aliphatic heterocycles. The fourth-order valence-corrected chi connectivity index (χ4v) is 14.6. The van der Waals surface area contributed by atoms with Crippen molar-refractivity contribution in [2.75, 3.05) is 5.32 Å². The molecule has 4 fully saturated rings. The summed E-state index contributed by atoms with van der Waals surface area (Å²) in [4.78, 5) is 23.1. The first kappa shape index (κ1) is 35.7. The van der Waals surface area contributed by atoms with Gasteiger partial charge in [0.05, 0.1) is 35.1 Å². The number of aliphatic hydroxyl groups excluding tert-OH is 1. The Bertz CT molecular complexity index is 1840. The van der Waals surface area contributed by atoms with Crippen LogP contribution in [0.1, 0.15) is 116 Å². The number of carbonyl (C=O) groups is 1. The van der Waals surface area contributed by atoms with Gasteiger partial charge < -0.3 is 31.0 Å². The Kier molecular flexibility index (Phi) is 8.12. The van der Waals surface area contributed by atoms with Gasteiger partial charge >= 0.3 is 0 Å². The topological polar surface area (TPSA) is 133 Å². The van der Waals surface area contributed by atoms with Crippen molar-refractivity contribution in [3.63, 3.8) is 0 Å². The molecule has 8 rings (SSSR count). The van der Waals surface area contributed by atoms with E-state index in [1.54, 1.807) is 11.3 Å². The summed E-state index contributed by atoms with van der Waals surface area (Å²) in [6.45, 7) is 18.3. The molecule has 3 aromatic rings. The molecule has 1 saturated heterocycles. The number of aromatic amines is 1. The highest BCUT2D eigenvalue weighted by molar-refractivity contribution is 7.15. The summed E-state index contributed by atoms with van der Waals surface area (Å²) in [5, 5.41) is 28.0. The number of nitrogens with two attached hydrogens (primary N) is 1. The predicted octanol–water partition coefficient (Wildman–Crippen LogP) is 7.51. The maximum absolute atomic E-state index is 13.5. The van der Waals surface area contributed by atoms with E-state index < -0.39 is 17.7 Å². The average Bonchev–Trinajstić information content (AvgIpc) is 3.84. The van der Waals surface area contributed by atoms with Gasteiger partial charge in [-0.3, -0.25) is 4.79 Å². The van der Waals surface area contributed by atoms with Crippen molar-refractivity contribution in [3.8, 4) is 0 Å². The van der Waals surface area contributed by atoms with Gasteiger partial charge in [0.1, 0.15) is 0 Å². The second kappa shape index (κ2) is 11.6. The molecule has 1 aromatic carbocycles. The van der Waals surface area contributed by atoms with Crippen LogP contribution in [0.2, 0.25) is 0 Å². The number of nitrogens with one attached hydrogen (secondary N) is 2. The number of carbonyl (C=O) groups excluding carboxylic acids is 1. The number of rotatable bonds is 6. The minimum absolute atomic E-state index is 0.00858. The van der Waals surface area contributed by atoms with E-state index in [0.29, 0.717) is 23.4 Å². The smallest absolute Gasteiger partial charge is 0.243 e. The minimum Gasteiger partial charge on any atom is -0.393 e. The molecule has 1 amide bonds. The number of hydrogen-bond acceptors (Lipinski definition) is 7. The van der Waals surface area contributed by atoms with Crippen molar-refractivity contribution in [1.82, 2.24) is 9.97 Å². The lowest BCUT2D eigenvalue weighted by molar-refractivity contribution is -0.227. The van der Waals surface area contributed by atoms with Gasteiger partial charge in [-0.15, -0.1) is 11.3 Å². The quantitative estimate of drug-likeness (QED) is 0.179. The summed E-state index contributed by atoms with van der Waals surface area (Å²) in [5.41, 5.74) is 8.36. The molecular weight excluding hydrogens is 657 g/mol. The summed E-state index contributed by atoms with van der Waals surface area (Å²) in [7, 11) is 0. The highest BCUT2D eigenvalue weighted by atomic mass is 32.1. The normalized spacial score (nSPS) is 40.7. The molecular formula is C42H60N4O4S. The van der Waals surface area contributed by atoms with Crippen LogP contribution >= 0.6 is 11.3 Å². The zero-order chi connectivity index (χ0) is 36.5. The molecule has 8 nitrogen and oxygen atoms in total. The third-order valence-corrected chi connectivity index (χ3v) is 16.9. The standard InChI is InChI=1S/C42H60N4O4S/c1-37(2)30-14-17-40(6)31(20-28(47)33-25(13-16-41(33,40)7)42(8)18-15-32(50-42)38(3,4)49)39(30,5)21-29-34(37)45-36(51-29)46-35(48)26(43)19-23-22-44-27-12-10-9-11-24(23)27/h9-12,22,25-26,28,30-33,44,47,49H,13-21,43H2,1-8H3,(H,45,46,48)/t25-,26+,28+,30-,31+,32-,33-,39-,40+,41+,42-/m0/s1. The van der Waals surface area contributed by atoms with Gasteiger partial charge in [-0.05, 0) is 130 Å². The van der Waals surface area contributed by atoms with Gasteiger partial charge in [0.2, 0.25) is 5.91 Å². The molecule has 0 spiro atoms. The lowest BCUT2D eigenvalue weighted by Crippen LogP contribution is -2.66. The molecule has 9 heteroatoms. The van der Waals surface area contributed by atoms with Crippen LogP contribution in [0, 0.1) is 39.9 Å². The SMILES string of the molecule is CC(C)(O)[C@@H]1CC[C@@](C)([C@H]2CC[C@]3(C)[C@@H]2[C@H](O)C[C@@H]2[C@@]4(C)Cc5sc(NC(=O)[C@H](N)Cc6c[nH]c7ccccc67)nc5C(C)(C)[C@@H]4CC[C@]23C)O1. The predicted molar refractivity (Wildman–Crippen MR) is 204 cm³/mol. The second-order valence-corrected chi connectivity index (χ2v) is 20.5. The van der Waals surface area contributed by atoms with Crippen LogP contribution in [0.4, 0.5) is 5.13 Å². The number of H-pyrrole nitrogens is 1. The van der Waals surface area contributed by atoms with Crippen molar-refractivity contribution >= 4 is 33.3 Å². The number of nitrogens with zero attached hydrogens (tertiary/aromatic N) is 1. The van der Waals surface area contributed by atoms with Gasteiger partial charge in [0.25, 0.3) is 0 Å². The van der Waals surface area contributed by atoms with Crippen molar-refractivity contribution in [1.29, 1.82) is 0 Å². The number of thiazole rings is 1. The molecule has 278 valence electrons. The second-order valence-electron chi connectivity index (χ2n) is 19.4. The maximum atomic E-state index is 13.5. The molecule has 2 aromatic heterocycles. The van der Waals surface area contributed by atoms with Crippen LogP contribution < -0.4 is 11.1 Å². The number of aromatic nitrogens is 2. The zero-order valence-corrected chi connectivity index (χ0v) is 32.8. The fraction of sp³-hybridized carbons (Fsp3) is 0.714. The number of para-hydroxylation sites is 1. The molecule has 6 N–H and O–H groups in total. The number of anilines is 1. The number of hydrogen-bond donors (Lipinski definition) is 5. The van der Waals surface area contributed by atoms with Crippen molar-refractivity contribution in [3.05, 3.63) is 46.6 Å². The van der Waals surface area contributed by atoms with E-state index in [0.717, 1.165) is 73.5 Å². The van der Waals surface area contributed by atoms with E-state index in [-0.39, 0.29) is 51.1 Å². The van der Waals surface area contributed by atoms with Crippen molar-refractivity contribution in [2.24, 2.45) is 45.7 Å². The first-order valence-corrected chi connectivity index (χ1v) is 20.3. The lowest BCUT2D eigenvalue weighted by atomic mass is 9.35. The highest BCUT2D eigenvalue weighted by Crippen LogP contribution is 2.76. The number of ether oxygens (including phenoxy) is 1. The largest absolute Gasteiger partial charge is 0.393 e. The maximum Gasteiger partial charge on any atom is 0.243 e. The third-order valence-electron chi connectivity index (χ3n) is 15.9. The monoisotopic (exact) mass is 716 g/mol. The molecule has 0 unspecified atom stereocenters. The Hall–Kier alpha value is -2.30. The average molecular weight is 717 g/mol. The van der Waals surface area contributed by atoms with Gasteiger partial charge in [0.15, 0.2) is 5.13 Å². The number of fused-ring (bicyclic) bond motifs is 7. The van der Waals surface area contributed by atoms with Gasteiger partial charge in [-0.1, -0.05) is 52.8 Å². The summed E-state index contributed by atoms with van der Waals surface area (Å²) < 4.78 is 6.76. The molecule has 51 heavy (non-hydrogen) atoms. The summed E-state index contributed by atoms with van der Waals surface area (Å²) in [6.07, 6.45) is 9.78. The van der Waals surface area contributed by atoms with Crippen LogP contribution in [-0.2, 0) is 27.8 Å². The Labute approximate surface area is 307 Å². The van der Waals surface area contributed by atoms with E-state index in [1.165, 1.54) is 4.88 Å². The lowest BCUT2D eigenvalue weighted by Gasteiger charge is -2.69. The van der Waals surface area contributed by atoms with E-state index in [1.807, 2.05) is 38.2 Å². The van der Waals surface area contributed by atoms with Crippen LogP contribution in [0.25, 0.3) is 10.9 Å². The van der Waals surface area contributed by atoms with Crippen LogP contribution in [0.3, 0.4) is 0 Å². The first-order chi connectivity index (χ1) is 23.8. The van der Waals surface area contributed by atoms with Crippen LogP contribution in [0.15, 0.2) is 30.5 Å². The third kappa shape index (κ3) is 5.18. The fourth-order valence-electron chi connectivity index (χ4n) is 13.2. The van der Waals surface area contributed by atoms with Crippen LogP contribution in [0.5, 0.6) is 0 Å². The van der Waals surface area contributed by atoms with Crippen molar-refractivity contribution in [2.45, 2.75) is 148 Å². The number of benzene rings is 1. The molecule has 4 aliphatic carbocycles. The summed E-state index contributed by atoms with van der Waals surface area (Å²) >= 11 is 1.62. The molecule has 3 saturated carbocycles. The van der Waals surface area contributed by atoms with Crippen LogP contribution in [-0.4, -0.2) is 55.5 Å². The molecule has 11 atom stereocenters. The Morgan fingerprint density at radius 3 is 2.53 bits per heavy atom. The molecule has 5 aliphatic rings. The van der Waals surface area contributed by atoms with Crippen molar-refractivity contribution < 1.29 is 19.7 Å². The number of amides is 1. The number of aliphatic hydroxyl groups is 2. The van der Waals surface area contributed by atoms with E-state index in [2.05, 4.69) is 57.9 Å². The molecule has 0 bridgehead atoms. The van der Waals surface area contributed by atoms with E-state index in [4.69, 9.17) is 15.5 Å². The Morgan fingerprint density at radius 2 is 1.80 bits per heavy atom. The Balaban J connectivity index is 1.04. The first-order valence-electron chi connectivity index (χ1n) is 19.5. The van der Waals surface area contributed by atoms with Gasteiger partial charge in [0, 0.05) is 27.4 Å². The zero-order valence-electron chi connectivity index (χ0n) is 31.9. The Morgan fingerprint density at radius 1 is 1.08 bits per heavy atom. The summed E-state index contributed by atoms with van der Waals surface area (Å²) in [6, 6.07) is 7.40. The van der Waals surface area contributed by atoms with E-state index >= 15 is 0 Å². The minimum atomic E-state index is -0.870. The summed E-state index contributed by atoms with van der Waals surface area (Å²) in [5.74, 6) is 1.02. The van der Waals surface area contributed by atoms with E-state index in [9.17, 15) is 15.0 Å². The highest BCUT2D eigenvalue weighted by Gasteiger charge is 2.72. The van der Waals surface area contributed by atoms with Gasteiger partial charge in [-0.2, -0.15) is 0 Å².